The zero-order valence-electron chi connectivity index (χ0n) is 11.5. The number of rotatable bonds is 2. The molecule has 0 amide bonds. The Morgan fingerprint density at radius 1 is 1.05 bits per heavy atom. The minimum Gasteiger partial charge on any atom is -0.382 e. The Morgan fingerprint density at radius 2 is 1.76 bits per heavy atom. The molecule has 104 valence electrons. The maximum absolute atomic E-state index is 10.8. The van der Waals surface area contributed by atoms with Crippen LogP contribution in [0.2, 0.25) is 0 Å². The van der Waals surface area contributed by atoms with Gasteiger partial charge in [0.15, 0.2) is 4.96 Å². The number of aromatic nitrogens is 2. The molecule has 3 nitrogen and oxygen atoms in total. The highest BCUT2D eigenvalue weighted by Gasteiger charge is 2.21. The number of para-hydroxylation sites is 1. The fraction of sp³-hybridized carbons (Fsp3) is 0.118. The van der Waals surface area contributed by atoms with Gasteiger partial charge < -0.3 is 5.11 Å². The summed E-state index contributed by atoms with van der Waals surface area (Å²) in [6, 6.07) is 17.9. The second kappa shape index (κ2) is 4.69. The normalized spacial score (nSPS) is 13.0. The predicted molar refractivity (Wildman–Crippen MR) is 85.8 cm³/mol. The standard InChI is InChI=1S/C17H14N2OS/c1-11-15(16(20)12-7-3-2-4-8-12)19-13-9-5-6-10-14(13)21-17(19)18-11/h2-10,16,20H,1H3. The highest BCUT2D eigenvalue weighted by Crippen LogP contribution is 2.33. The van der Waals surface area contributed by atoms with E-state index in [1.807, 2.05) is 49.4 Å². The molecule has 2 aromatic heterocycles. The summed E-state index contributed by atoms with van der Waals surface area (Å²) in [6.45, 7) is 1.95. The minimum atomic E-state index is -0.667. The molecular formula is C17H14N2OS. The van der Waals surface area contributed by atoms with Gasteiger partial charge in [0, 0.05) is 0 Å². The van der Waals surface area contributed by atoms with Crippen LogP contribution in [0.3, 0.4) is 0 Å². The molecule has 2 heterocycles. The van der Waals surface area contributed by atoms with Gasteiger partial charge in [0.25, 0.3) is 0 Å². The van der Waals surface area contributed by atoms with Gasteiger partial charge in [-0.1, -0.05) is 53.8 Å². The Kier molecular flexibility index (Phi) is 2.80. The Labute approximate surface area is 126 Å². The molecule has 0 aliphatic heterocycles. The van der Waals surface area contributed by atoms with E-state index in [9.17, 15) is 5.11 Å². The summed E-state index contributed by atoms with van der Waals surface area (Å²) in [5.41, 5.74) is 3.72. The van der Waals surface area contributed by atoms with Gasteiger partial charge in [-0.15, -0.1) is 0 Å². The SMILES string of the molecule is Cc1nc2sc3ccccc3n2c1C(O)c1ccccc1. The molecule has 21 heavy (non-hydrogen) atoms. The van der Waals surface area contributed by atoms with Crippen LogP contribution in [-0.4, -0.2) is 14.5 Å². The molecule has 1 unspecified atom stereocenters. The summed E-state index contributed by atoms with van der Waals surface area (Å²) in [5, 5.41) is 10.8. The second-order valence-corrected chi connectivity index (χ2v) is 6.09. The van der Waals surface area contributed by atoms with Crippen LogP contribution in [0.1, 0.15) is 23.1 Å². The van der Waals surface area contributed by atoms with Gasteiger partial charge in [-0.25, -0.2) is 4.98 Å². The number of benzene rings is 2. The topological polar surface area (TPSA) is 37.5 Å². The van der Waals surface area contributed by atoms with Crippen molar-refractivity contribution in [2.75, 3.05) is 0 Å². The monoisotopic (exact) mass is 294 g/mol. The number of thiazole rings is 1. The molecule has 0 bridgehead atoms. The zero-order chi connectivity index (χ0) is 14.4. The maximum Gasteiger partial charge on any atom is 0.195 e. The van der Waals surface area contributed by atoms with Crippen LogP contribution in [0.25, 0.3) is 15.2 Å². The summed E-state index contributed by atoms with van der Waals surface area (Å²) in [7, 11) is 0. The fourth-order valence-electron chi connectivity index (χ4n) is 2.76. The van der Waals surface area contributed by atoms with E-state index in [2.05, 4.69) is 21.5 Å². The maximum atomic E-state index is 10.8. The molecule has 0 radical (unpaired) electrons. The van der Waals surface area contributed by atoms with E-state index >= 15 is 0 Å². The molecule has 4 rings (SSSR count). The lowest BCUT2D eigenvalue weighted by molar-refractivity contribution is 0.214. The van der Waals surface area contributed by atoms with Gasteiger partial charge in [-0.3, -0.25) is 4.40 Å². The van der Waals surface area contributed by atoms with Crippen molar-refractivity contribution < 1.29 is 5.11 Å². The number of hydrogen-bond donors (Lipinski definition) is 1. The van der Waals surface area contributed by atoms with Crippen molar-refractivity contribution in [2.45, 2.75) is 13.0 Å². The van der Waals surface area contributed by atoms with Gasteiger partial charge in [0.2, 0.25) is 0 Å². The number of fused-ring (bicyclic) bond motifs is 3. The molecule has 0 saturated heterocycles. The fourth-order valence-corrected chi connectivity index (χ4v) is 3.83. The van der Waals surface area contributed by atoms with E-state index in [0.717, 1.165) is 27.4 Å². The first kappa shape index (κ1) is 12.6. The van der Waals surface area contributed by atoms with E-state index in [4.69, 9.17) is 0 Å². The minimum absolute atomic E-state index is 0.667. The lowest BCUT2D eigenvalue weighted by Crippen LogP contribution is -2.04. The number of nitrogens with zero attached hydrogens (tertiary/aromatic N) is 2. The first-order valence-electron chi connectivity index (χ1n) is 6.85. The number of imidazole rings is 1. The van der Waals surface area contributed by atoms with Crippen LogP contribution in [0, 0.1) is 6.92 Å². The first-order chi connectivity index (χ1) is 10.3. The van der Waals surface area contributed by atoms with Crippen molar-refractivity contribution in [3.05, 3.63) is 71.5 Å². The molecule has 0 saturated carbocycles. The molecule has 1 atom stereocenters. The molecular weight excluding hydrogens is 280 g/mol. The average Bonchev–Trinajstić information content (AvgIpc) is 3.02. The van der Waals surface area contributed by atoms with Gasteiger partial charge in [0.1, 0.15) is 6.10 Å². The zero-order valence-corrected chi connectivity index (χ0v) is 12.3. The smallest absolute Gasteiger partial charge is 0.195 e. The second-order valence-electron chi connectivity index (χ2n) is 5.08. The lowest BCUT2D eigenvalue weighted by atomic mass is 10.1. The number of aryl methyl sites for hydroxylation is 1. The summed E-state index contributed by atoms with van der Waals surface area (Å²) >= 11 is 1.65. The molecule has 4 heteroatoms. The van der Waals surface area contributed by atoms with Crippen LogP contribution < -0.4 is 0 Å². The van der Waals surface area contributed by atoms with E-state index < -0.39 is 6.10 Å². The first-order valence-corrected chi connectivity index (χ1v) is 7.67. The molecule has 4 aromatic rings. The molecule has 0 aliphatic carbocycles. The van der Waals surface area contributed by atoms with Crippen LogP contribution in [-0.2, 0) is 0 Å². The van der Waals surface area contributed by atoms with Crippen molar-refractivity contribution in [1.82, 2.24) is 9.38 Å². The molecule has 1 N–H and O–H groups in total. The molecule has 0 fully saturated rings. The highest BCUT2D eigenvalue weighted by atomic mass is 32.1. The third-order valence-electron chi connectivity index (χ3n) is 3.75. The van der Waals surface area contributed by atoms with E-state index in [0.29, 0.717) is 0 Å². The van der Waals surface area contributed by atoms with Crippen LogP contribution in [0.4, 0.5) is 0 Å². The van der Waals surface area contributed by atoms with Crippen LogP contribution in [0.5, 0.6) is 0 Å². The van der Waals surface area contributed by atoms with Crippen molar-refractivity contribution in [3.8, 4) is 0 Å². The third-order valence-corrected chi connectivity index (χ3v) is 4.77. The Hall–Kier alpha value is -2.17. The summed E-state index contributed by atoms with van der Waals surface area (Å²) in [6.07, 6.45) is -0.667. The van der Waals surface area contributed by atoms with E-state index in [1.54, 1.807) is 11.3 Å². The number of aliphatic hydroxyl groups excluding tert-OH is 1. The Morgan fingerprint density at radius 3 is 2.57 bits per heavy atom. The number of aliphatic hydroxyl groups is 1. The van der Waals surface area contributed by atoms with Crippen molar-refractivity contribution in [3.63, 3.8) is 0 Å². The molecule has 2 aromatic carbocycles. The predicted octanol–water partition coefficient (Wildman–Crippen LogP) is 3.94. The van der Waals surface area contributed by atoms with Crippen molar-refractivity contribution >= 4 is 26.5 Å². The summed E-state index contributed by atoms with van der Waals surface area (Å²) < 4.78 is 3.26. The van der Waals surface area contributed by atoms with E-state index in [-0.39, 0.29) is 0 Å². The van der Waals surface area contributed by atoms with Crippen LogP contribution in [0.15, 0.2) is 54.6 Å². The van der Waals surface area contributed by atoms with Gasteiger partial charge in [-0.05, 0) is 24.6 Å². The summed E-state index contributed by atoms with van der Waals surface area (Å²) in [4.78, 5) is 5.55. The summed E-state index contributed by atoms with van der Waals surface area (Å²) in [5.74, 6) is 0. The van der Waals surface area contributed by atoms with Gasteiger partial charge in [0.05, 0.1) is 21.6 Å². The quantitative estimate of drug-likeness (QED) is 0.608. The highest BCUT2D eigenvalue weighted by molar-refractivity contribution is 7.23. The molecule has 0 spiro atoms. The van der Waals surface area contributed by atoms with Gasteiger partial charge >= 0.3 is 0 Å². The largest absolute Gasteiger partial charge is 0.382 e. The van der Waals surface area contributed by atoms with Gasteiger partial charge in [-0.2, -0.15) is 0 Å². The third kappa shape index (κ3) is 1.87. The van der Waals surface area contributed by atoms with Crippen LogP contribution >= 0.6 is 11.3 Å². The Bertz CT molecular complexity index is 924. The Balaban J connectivity index is 2.01. The molecule has 0 aliphatic rings. The lowest BCUT2D eigenvalue weighted by Gasteiger charge is -2.12. The van der Waals surface area contributed by atoms with Crippen molar-refractivity contribution in [2.24, 2.45) is 0 Å². The van der Waals surface area contributed by atoms with E-state index in [1.165, 1.54) is 4.70 Å². The van der Waals surface area contributed by atoms with Crippen molar-refractivity contribution in [1.29, 1.82) is 0 Å². The average molecular weight is 294 g/mol. The number of hydrogen-bond acceptors (Lipinski definition) is 3.